The maximum absolute atomic E-state index is 9.31. The third-order valence-corrected chi connectivity index (χ3v) is 2.16. The summed E-state index contributed by atoms with van der Waals surface area (Å²) in [4.78, 5) is 0. The van der Waals surface area contributed by atoms with Crippen LogP contribution in [0.5, 0.6) is 0 Å². The van der Waals surface area contributed by atoms with Crippen LogP contribution in [0.25, 0.3) is 0 Å². The third-order valence-electron chi connectivity index (χ3n) is 2.16. The van der Waals surface area contributed by atoms with Gasteiger partial charge in [-0.15, -0.1) is 0 Å². The van der Waals surface area contributed by atoms with E-state index in [0.717, 1.165) is 6.42 Å². The average Bonchev–Trinajstić information content (AvgIpc) is 2.15. The fraction of sp³-hybridized carbons (Fsp3) is 1.00. The number of aliphatic hydroxyl groups excluding tert-OH is 1. The summed E-state index contributed by atoms with van der Waals surface area (Å²) >= 11 is 0. The zero-order chi connectivity index (χ0) is 10.3. The second kappa shape index (κ2) is 6.32. The third kappa shape index (κ3) is 5.21. The number of hydrogen-bond donors (Lipinski definition) is 2. The molecule has 13 heavy (non-hydrogen) atoms. The smallest absolute Gasteiger partial charge is 0.101 e. The Morgan fingerprint density at radius 2 is 2.08 bits per heavy atom. The fourth-order valence-electron chi connectivity index (χ4n) is 0.843. The van der Waals surface area contributed by atoms with Gasteiger partial charge < -0.3 is 20.3 Å². The first-order valence-electron chi connectivity index (χ1n) is 4.59. The first kappa shape index (κ1) is 12.8. The summed E-state index contributed by atoms with van der Waals surface area (Å²) in [7, 11) is 1.55. The molecule has 0 aliphatic rings. The molecule has 80 valence electrons. The van der Waals surface area contributed by atoms with Gasteiger partial charge in [0.25, 0.3) is 0 Å². The molecule has 0 heterocycles. The van der Waals surface area contributed by atoms with E-state index < -0.39 is 6.10 Å². The monoisotopic (exact) mass is 191 g/mol. The van der Waals surface area contributed by atoms with Gasteiger partial charge in [-0.05, 0) is 13.3 Å². The van der Waals surface area contributed by atoms with Crippen molar-refractivity contribution in [3.8, 4) is 0 Å². The number of ether oxygens (including phenoxy) is 2. The molecule has 0 aromatic carbocycles. The van der Waals surface area contributed by atoms with Gasteiger partial charge in [0, 0.05) is 13.7 Å². The van der Waals surface area contributed by atoms with E-state index in [1.165, 1.54) is 0 Å². The Labute approximate surface area is 80.0 Å². The molecular formula is C9H21NO3. The van der Waals surface area contributed by atoms with Gasteiger partial charge in [0.1, 0.15) is 6.10 Å². The lowest BCUT2D eigenvalue weighted by atomic mass is 10.0. The Kier molecular flexibility index (Phi) is 6.24. The SMILES string of the molecule is CCC(C)(CN)OCC(O)COC. The molecule has 0 fully saturated rings. The van der Waals surface area contributed by atoms with Crippen molar-refractivity contribution in [2.45, 2.75) is 32.0 Å². The van der Waals surface area contributed by atoms with Gasteiger partial charge in [0.15, 0.2) is 0 Å². The molecule has 0 saturated heterocycles. The maximum Gasteiger partial charge on any atom is 0.101 e. The Balaban J connectivity index is 3.71. The largest absolute Gasteiger partial charge is 0.388 e. The van der Waals surface area contributed by atoms with Crippen molar-refractivity contribution in [2.75, 3.05) is 26.9 Å². The first-order chi connectivity index (χ1) is 6.08. The van der Waals surface area contributed by atoms with Crippen LogP contribution in [0.2, 0.25) is 0 Å². The van der Waals surface area contributed by atoms with Crippen LogP contribution >= 0.6 is 0 Å². The van der Waals surface area contributed by atoms with E-state index >= 15 is 0 Å². The Hall–Kier alpha value is -0.160. The maximum atomic E-state index is 9.31. The molecule has 0 aromatic heterocycles. The summed E-state index contributed by atoms with van der Waals surface area (Å²) in [6.07, 6.45) is 0.269. The first-order valence-corrected chi connectivity index (χ1v) is 4.59. The van der Waals surface area contributed by atoms with E-state index in [1.807, 2.05) is 13.8 Å². The molecule has 4 heteroatoms. The molecule has 0 radical (unpaired) electrons. The summed E-state index contributed by atoms with van der Waals surface area (Å²) in [5, 5.41) is 9.31. The van der Waals surface area contributed by atoms with E-state index in [9.17, 15) is 5.11 Å². The van der Waals surface area contributed by atoms with Gasteiger partial charge in [-0.3, -0.25) is 0 Å². The van der Waals surface area contributed by atoms with Crippen LogP contribution in [-0.4, -0.2) is 43.7 Å². The lowest BCUT2D eigenvalue weighted by molar-refractivity contribution is -0.0803. The summed E-state index contributed by atoms with van der Waals surface area (Å²) in [5.41, 5.74) is 5.22. The van der Waals surface area contributed by atoms with Crippen LogP contribution in [0.1, 0.15) is 20.3 Å². The number of aliphatic hydroxyl groups is 1. The quantitative estimate of drug-likeness (QED) is 0.600. The zero-order valence-corrected chi connectivity index (χ0v) is 8.75. The molecule has 3 N–H and O–H groups in total. The molecule has 0 spiro atoms. The van der Waals surface area contributed by atoms with Gasteiger partial charge in [-0.25, -0.2) is 0 Å². The normalized spacial score (nSPS) is 18.2. The number of rotatable bonds is 7. The fourth-order valence-corrected chi connectivity index (χ4v) is 0.843. The average molecular weight is 191 g/mol. The van der Waals surface area contributed by atoms with Gasteiger partial charge in [0.2, 0.25) is 0 Å². The van der Waals surface area contributed by atoms with Crippen molar-refractivity contribution in [2.24, 2.45) is 5.73 Å². The summed E-state index contributed by atoms with van der Waals surface area (Å²) < 4.78 is 10.3. The van der Waals surface area contributed by atoms with Crippen molar-refractivity contribution < 1.29 is 14.6 Å². The van der Waals surface area contributed by atoms with E-state index in [0.29, 0.717) is 13.2 Å². The van der Waals surface area contributed by atoms with Crippen molar-refractivity contribution in [3.63, 3.8) is 0 Å². The minimum absolute atomic E-state index is 0.273. The molecule has 2 unspecified atom stereocenters. The molecular weight excluding hydrogens is 170 g/mol. The van der Waals surface area contributed by atoms with Crippen molar-refractivity contribution in [1.29, 1.82) is 0 Å². The van der Waals surface area contributed by atoms with Crippen LogP contribution in [0, 0.1) is 0 Å². The van der Waals surface area contributed by atoms with Crippen LogP contribution in [0.15, 0.2) is 0 Å². The Morgan fingerprint density at radius 3 is 2.46 bits per heavy atom. The van der Waals surface area contributed by atoms with E-state index in [-0.39, 0.29) is 12.2 Å². The standard InChI is InChI=1S/C9H21NO3/c1-4-9(2,7-10)13-6-8(11)5-12-3/h8,11H,4-7,10H2,1-3H3. The predicted octanol–water partition coefficient (Wildman–Crippen LogP) is 0.138. The van der Waals surface area contributed by atoms with Crippen LogP contribution in [0.3, 0.4) is 0 Å². The highest BCUT2D eigenvalue weighted by atomic mass is 16.5. The summed E-state index contributed by atoms with van der Waals surface area (Å²) in [6, 6.07) is 0. The molecule has 0 saturated carbocycles. The van der Waals surface area contributed by atoms with Crippen LogP contribution < -0.4 is 5.73 Å². The van der Waals surface area contributed by atoms with Gasteiger partial charge in [0.05, 0.1) is 18.8 Å². The molecule has 0 aliphatic heterocycles. The molecule has 0 amide bonds. The predicted molar refractivity (Wildman–Crippen MR) is 51.6 cm³/mol. The molecule has 0 aromatic rings. The minimum atomic E-state index is -0.567. The van der Waals surface area contributed by atoms with E-state index in [4.69, 9.17) is 15.2 Å². The van der Waals surface area contributed by atoms with Crippen molar-refractivity contribution in [1.82, 2.24) is 0 Å². The lowest BCUT2D eigenvalue weighted by Crippen LogP contribution is -2.39. The van der Waals surface area contributed by atoms with E-state index in [2.05, 4.69) is 0 Å². The minimum Gasteiger partial charge on any atom is -0.388 e. The Bertz CT molecular complexity index is 126. The highest BCUT2D eigenvalue weighted by Crippen LogP contribution is 2.13. The second-order valence-electron chi connectivity index (χ2n) is 3.43. The molecule has 4 nitrogen and oxygen atoms in total. The van der Waals surface area contributed by atoms with Gasteiger partial charge in [-0.2, -0.15) is 0 Å². The number of hydrogen-bond acceptors (Lipinski definition) is 4. The molecule has 0 rings (SSSR count). The summed E-state index contributed by atoms with van der Waals surface area (Å²) in [6.45, 7) is 4.98. The highest BCUT2D eigenvalue weighted by Gasteiger charge is 2.21. The second-order valence-corrected chi connectivity index (χ2v) is 3.43. The molecule has 0 bridgehead atoms. The van der Waals surface area contributed by atoms with E-state index in [1.54, 1.807) is 7.11 Å². The number of methoxy groups -OCH3 is 1. The lowest BCUT2D eigenvalue weighted by Gasteiger charge is -2.28. The van der Waals surface area contributed by atoms with Gasteiger partial charge >= 0.3 is 0 Å². The Morgan fingerprint density at radius 1 is 1.46 bits per heavy atom. The van der Waals surface area contributed by atoms with Crippen molar-refractivity contribution >= 4 is 0 Å². The van der Waals surface area contributed by atoms with Crippen LogP contribution in [0.4, 0.5) is 0 Å². The summed E-state index contributed by atoms with van der Waals surface area (Å²) in [5.74, 6) is 0. The van der Waals surface area contributed by atoms with Crippen molar-refractivity contribution in [3.05, 3.63) is 0 Å². The molecule has 2 atom stereocenters. The van der Waals surface area contributed by atoms with Gasteiger partial charge in [-0.1, -0.05) is 6.92 Å². The highest BCUT2D eigenvalue weighted by molar-refractivity contribution is 4.74. The zero-order valence-electron chi connectivity index (χ0n) is 8.75. The van der Waals surface area contributed by atoms with Crippen LogP contribution in [-0.2, 0) is 9.47 Å². The topological polar surface area (TPSA) is 64.7 Å². The number of nitrogens with two attached hydrogens (primary N) is 1. The molecule has 0 aliphatic carbocycles.